The van der Waals surface area contributed by atoms with Crippen molar-refractivity contribution in [3.8, 4) is 11.1 Å². The van der Waals surface area contributed by atoms with Gasteiger partial charge in [-0.3, -0.25) is 15.1 Å². The number of nitrogens with zero attached hydrogens (tertiary/aromatic N) is 3. The summed E-state index contributed by atoms with van der Waals surface area (Å²) in [5, 5.41) is 6.85. The van der Waals surface area contributed by atoms with Gasteiger partial charge in [0, 0.05) is 32.1 Å². The van der Waals surface area contributed by atoms with Gasteiger partial charge < -0.3 is 19.6 Å². The zero-order chi connectivity index (χ0) is 24.8. The third kappa shape index (κ3) is 5.46. The average molecular weight is 468 g/mol. The van der Waals surface area contributed by atoms with E-state index in [0.29, 0.717) is 29.2 Å². The van der Waals surface area contributed by atoms with Crippen molar-refractivity contribution in [2.24, 2.45) is 5.84 Å². The van der Waals surface area contributed by atoms with Gasteiger partial charge in [-0.15, -0.1) is 0 Å². The number of hydrogen-bond acceptors (Lipinski definition) is 6. The number of rotatable bonds is 9. The summed E-state index contributed by atoms with van der Waals surface area (Å²) in [5.74, 6) is 6.61. The van der Waals surface area contributed by atoms with Gasteiger partial charge >= 0.3 is 6.03 Å². The number of urea groups is 1. The number of carbonyl (C=O) groups is 1. The van der Waals surface area contributed by atoms with Crippen LogP contribution in [0.25, 0.3) is 22.2 Å². The quantitative estimate of drug-likeness (QED) is 0.280. The zero-order valence-electron chi connectivity index (χ0n) is 20.3. The highest BCUT2D eigenvalue weighted by Gasteiger charge is 2.17. The normalized spacial score (nSPS) is 13.2. The molecule has 34 heavy (non-hydrogen) atoms. The van der Waals surface area contributed by atoms with Gasteiger partial charge in [-0.05, 0) is 56.5 Å². The minimum Gasteiger partial charge on any atom is -0.380 e. The Kier molecular flexibility index (Phi) is 8.08. The molecule has 3 aromatic rings. The van der Waals surface area contributed by atoms with E-state index in [-0.39, 0.29) is 23.7 Å². The van der Waals surface area contributed by atoms with Crippen molar-refractivity contribution < 1.29 is 9.53 Å². The molecule has 2 aromatic heterocycles. The van der Waals surface area contributed by atoms with Crippen molar-refractivity contribution in [1.82, 2.24) is 19.9 Å². The van der Waals surface area contributed by atoms with E-state index < -0.39 is 0 Å². The number of fused-ring (bicyclic) bond motifs is 1. The van der Waals surface area contributed by atoms with Gasteiger partial charge in [-0.2, -0.15) is 0 Å². The second-order valence-corrected chi connectivity index (χ2v) is 8.00. The molecular weight excluding hydrogens is 434 g/mol. The maximum absolute atomic E-state index is 12.9. The molecule has 0 saturated carbocycles. The van der Waals surface area contributed by atoms with Crippen molar-refractivity contribution in [2.45, 2.75) is 46.3 Å². The van der Waals surface area contributed by atoms with Gasteiger partial charge in [0.25, 0.3) is 5.56 Å². The number of aromatic nitrogens is 3. The van der Waals surface area contributed by atoms with Crippen molar-refractivity contribution in [3.63, 3.8) is 0 Å². The number of H-pyrrole nitrogens is 1. The number of methoxy groups -OCH3 is 1. The second kappa shape index (κ2) is 11.0. The van der Waals surface area contributed by atoms with E-state index in [1.54, 1.807) is 30.1 Å². The summed E-state index contributed by atoms with van der Waals surface area (Å²) < 4.78 is 7.02. The number of allylic oxidation sites excluding steroid dienone is 1. The van der Waals surface area contributed by atoms with E-state index in [4.69, 9.17) is 10.6 Å². The Morgan fingerprint density at radius 1 is 1.29 bits per heavy atom. The predicted octanol–water partition coefficient (Wildman–Crippen LogP) is 3.73. The van der Waals surface area contributed by atoms with E-state index >= 15 is 0 Å². The smallest absolute Gasteiger partial charge is 0.321 e. The second-order valence-electron chi connectivity index (χ2n) is 8.00. The lowest BCUT2D eigenvalue weighted by atomic mass is 10.0. The van der Waals surface area contributed by atoms with E-state index in [1.165, 1.54) is 5.01 Å². The van der Waals surface area contributed by atoms with Gasteiger partial charge in [0.05, 0.1) is 28.9 Å². The Labute approximate surface area is 198 Å². The third-order valence-electron chi connectivity index (χ3n) is 5.69. The highest BCUT2D eigenvalue weighted by Crippen LogP contribution is 2.32. The molecule has 0 radical (unpaired) electrons. The van der Waals surface area contributed by atoms with Crippen molar-refractivity contribution >= 4 is 28.7 Å². The molecule has 0 aliphatic heterocycles. The van der Waals surface area contributed by atoms with Crippen molar-refractivity contribution in [1.29, 1.82) is 0 Å². The number of nitrogens with one attached hydrogen (secondary N) is 3. The van der Waals surface area contributed by atoms with Crippen LogP contribution in [0.2, 0.25) is 0 Å². The highest BCUT2D eigenvalue weighted by molar-refractivity contribution is 5.97. The summed E-state index contributed by atoms with van der Waals surface area (Å²) in [6.45, 7) is 8.21. The monoisotopic (exact) mass is 467 g/mol. The van der Waals surface area contributed by atoms with Crippen LogP contribution in [0.15, 0.2) is 47.5 Å². The molecule has 0 spiro atoms. The molecule has 5 N–H and O–H groups in total. The Morgan fingerprint density at radius 2 is 2.06 bits per heavy atom. The largest absolute Gasteiger partial charge is 0.380 e. The first-order valence-corrected chi connectivity index (χ1v) is 11.3. The molecule has 10 heteroatoms. The lowest BCUT2D eigenvalue weighted by molar-refractivity contribution is 0.0765. The molecule has 182 valence electrons. The van der Waals surface area contributed by atoms with Crippen LogP contribution >= 0.6 is 0 Å². The number of nitrogens with two attached hydrogens (primary N) is 1. The molecule has 0 fully saturated rings. The lowest BCUT2D eigenvalue weighted by Gasteiger charge is -2.21. The number of ether oxygens (including phenoxy) is 1. The molecular formula is C24H33N7O3. The van der Waals surface area contributed by atoms with Crippen LogP contribution in [0.1, 0.15) is 40.2 Å². The molecule has 3 rings (SSSR count). The summed E-state index contributed by atoms with van der Waals surface area (Å²) in [4.78, 5) is 32.5. The van der Waals surface area contributed by atoms with Crippen molar-refractivity contribution in [2.75, 3.05) is 24.0 Å². The maximum Gasteiger partial charge on any atom is 0.321 e. The number of hydrazine groups is 1. The molecule has 2 amide bonds. The highest BCUT2D eigenvalue weighted by atomic mass is 16.5. The molecule has 0 unspecified atom stereocenters. The van der Waals surface area contributed by atoms with Crippen LogP contribution < -0.4 is 27.0 Å². The van der Waals surface area contributed by atoms with Crippen LogP contribution in [0, 0.1) is 0 Å². The maximum atomic E-state index is 12.9. The molecule has 2 heterocycles. The van der Waals surface area contributed by atoms with Gasteiger partial charge in [0.2, 0.25) is 5.95 Å². The molecule has 0 bridgehead atoms. The minimum atomic E-state index is -0.359. The van der Waals surface area contributed by atoms with Gasteiger partial charge in [0.1, 0.15) is 0 Å². The number of hydrogen-bond donors (Lipinski definition) is 4. The molecule has 10 nitrogen and oxygen atoms in total. The predicted molar refractivity (Wildman–Crippen MR) is 136 cm³/mol. The first kappa shape index (κ1) is 25.0. The van der Waals surface area contributed by atoms with E-state index in [2.05, 4.69) is 20.6 Å². The Bertz CT molecular complexity index is 1230. The van der Waals surface area contributed by atoms with Crippen LogP contribution in [0.4, 0.5) is 16.4 Å². The van der Waals surface area contributed by atoms with Gasteiger partial charge in [-0.1, -0.05) is 13.0 Å². The van der Waals surface area contributed by atoms with E-state index in [1.807, 2.05) is 52.0 Å². The van der Waals surface area contributed by atoms with Gasteiger partial charge in [0.15, 0.2) is 0 Å². The lowest BCUT2D eigenvalue weighted by Crippen LogP contribution is -2.29. The SMILES string of the molecule is CC/C=C\N(N)c1cc(-c2ccn([C@@H](C)[C@@H](C)OC)c(=O)c2)cc2nc(NC(=O)NCC)[nH]c12. The molecule has 0 aliphatic carbocycles. The van der Waals surface area contributed by atoms with Crippen molar-refractivity contribution in [3.05, 3.63) is 53.1 Å². The Hall–Kier alpha value is -3.63. The fraction of sp³-hybridized carbons (Fsp3) is 0.375. The number of amides is 2. The van der Waals surface area contributed by atoms with Crippen LogP contribution in [-0.2, 0) is 4.74 Å². The fourth-order valence-electron chi connectivity index (χ4n) is 3.56. The zero-order valence-corrected chi connectivity index (χ0v) is 20.3. The number of aromatic amines is 1. The number of imidazole rings is 1. The average Bonchev–Trinajstić information content (AvgIpc) is 3.22. The summed E-state index contributed by atoms with van der Waals surface area (Å²) in [6, 6.07) is 6.74. The standard InChI is InChI=1S/C24H33N7O3/c1-6-8-10-31(25)20-13-18(12-19-22(20)28-23(27-19)29-24(33)26-7-2)17-9-11-30(21(32)14-17)15(3)16(4)34-5/h8-16H,6-7,25H2,1-5H3,(H3,26,27,28,29,33)/b10-8-/t15-,16+/m0/s1. The summed E-state index contributed by atoms with van der Waals surface area (Å²) in [6.07, 6.45) is 6.18. The van der Waals surface area contributed by atoms with Crippen LogP contribution in [0.3, 0.4) is 0 Å². The van der Waals surface area contributed by atoms with Crippen LogP contribution in [-0.4, -0.2) is 40.3 Å². The Morgan fingerprint density at radius 3 is 2.71 bits per heavy atom. The molecule has 2 atom stereocenters. The van der Waals surface area contributed by atoms with Crippen LogP contribution in [0.5, 0.6) is 0 Å². The first-order valence-electron chi connectivity index (χ1n) is 11.3. The van der Waals surface area contributed by atoms with E-state index in [0.717, 1.165) is 17.5 Å². The number of pyridine rings is 1. The molecule has 0 aliphatic rings. The molecule has 0 saturated heterocycles. The Balaban J connectivity index is 2.08. The first-order chi connectivity index (χ1) is 16.3. The summed E-state index contributed by atoms with van der Waals surface area (Å²) >= 11 is 0. The summed E-state index contributed by atoms with van der Waals surface area (Å²) in [7, 11) is 1.63. The summed E-state index contributed by atoms with van der Waals surface area (Å²) in [5.41, 5.74) is 3.29. The van der Waals surface area contributed by atoms with E-state index in [9.17, 15) is 9.59 Å². The molecule has 1 aromatic carbocycles. The third-order valence-corrected chi connectivity index (χ3v) is 5.69. The minimum absolute atomic E-state index is 0.109. The van der Waals surface area contributed by atoms with Gasteiger partial charge in [-0.25, -0.2) is 15.6 Å². The number of carbonyl (C=O) groups excluding carboxylic acids is 1. The fourth-order valence-corrected chi connectivity index (χ4v) is 3.56. The number of benzene rings is 1. The topological polar surface area (TPSA) is 130 Å². The number of anilines is 2.